The van der Waals surface area contributed by atoms with Crippen LogP contribution in [0.15, 0.2) is 18.2 Å². The first-order valence-corrected chi connectivity index (χ1v) is 6.26. The van der Waals surface area contributed by atoms with Crippen LogP contribution < -0.4 is 5.32 Å². The molecule has 1 aromatic rings. The number of benzene rings is 1. The van der Waals surface area contributed by atoms with Crippen molar-refractivity contribution in [3.05, 3.63) is 34.6 Å². The van der Waals surface area contributed by atoms with Gasteiger partial charge in [-0.05, 0) is 37.6 Å². The van der Waals surface area contributed by atoms with Gasteiger partial charge in [0.1, 0.15) is 5.82 Å². The van der Waals surface area contributed by atoms with E-state index in [1.807, 2.05) is 0 Å². The topological polar surface area (TPSA) is 15.3 Å². The van der Waals surface area contributed by atoms with Crippen LogP contribution in [0.5, 0.6) is 0 Å². The smallest absolute Gasteiger partial charge is 0.123 e. The first kappa shape index (κ1) is 12.8. The summed E-state index contributed by atoms with van der Waals surface area (Å²) in [7, 11) is 0. The van der Waals surface area contributed by atoms with Gasteiger partial charge in [0.15, 0.2) is 0 Å². The number of halogens is 2. The minimum Gasteiger partial charge on any atom is -0.314 e. The Morgan fingerprint density at radius 3 is 2.94 bits per heavy atom. The summed E-state index contributed by atoms with van der Waals surface area (Å²) in [6.45, 7) is 7.94. The van der Waals surface area contributed by atoms with Crippen molar-refractivity contribution in [3.63, 3.8) is 0 Å². The molecule has 0 saturated carbocycles. The highest BCUT2D eigenvalue weighted by Crippen LogP contribution is 2.24. The molecule has 0 aliphatic carbocycles. The minimum atomic E-state index is -0.225. The predicted molar refractivity (Wildman–Crippen MR) is 68.8 cm³/mol. The third kappa shape index (κ3) is 2.97. The maximum absolute atomic E-state index is 13.2. The van der Waals surface area contributed by atoms with Crippen LogP contribution in [0.2, 0.25) is 5.02 Å². The standard InChI is InChI=1S/C13H18ClFN2/c1-13(2)9-16-5-6-17(13)8-10-7-11(15)3-4-12(10)14/h3-4,7,16H,5-6,8-9H2,1-2H3. The first-order valence-electron chi connectivity index (χ1n) is 5.89. The van der Waals surface area contributed by atoms with E-state index in [0.717, 1.165) is 25.2 Å². The third-order valence-electron chi connectivity index (χ3n) is 3.34. The van der Waals surface area contributed by atoms with Gasteiger partial charge < -0.3 is 5.32 Å². The van der Waals surface area contributed by atoms with Crippen LogP contribution in [0.25, 0.3) is 0 Å². The fourth-order valence-electron chi connectivity index (χ4n) is 2.19. The van der Waals surface area contributed by atoms with Gasteiger partial charge in [0.05, 0.1) is 0 Å². The third-order valence-corrected chi connectivity index (χ3v) is 3.71. The number of nitrogens with zero attached hydrogens (tertiary/aromatic N) is 1. The van der Waals surface area contributed by atoms with Crippen LogP contribution in [0.3, 0.4) is 0 Å². The fraction of sp³-hybridized carbons (Fsp3) is 0.538. The molecule has 94 valence electrons. The molecule has 0 bridgehead atoms. The Labute approximate surface area is 107 Å². The van der Waals surface area contributed by atoms with Crippen LogP contribution >= 0.6 is 11.6 Å². The lowest BCUT2D eigenvalue weighted by atomic mass is 9.99. The average molecular weight is 257 g/mol. The summed E-state index contributed by atoms with van der Waals surface area (Å²) in [5.41, 5.74) is 0.940. The monoisotopic (exact) mass is 256 g/mol. The molecule has 1 heterocycles. The highest BCUT2D eigenvalue weighted by atomic mass is 35.5. The van der Waals surface area contributed by atoms with Crippen molar-refractivity contribution in [2.75, 3.05) is 19.6 Å². The summed E-state index contributed by atoms with van der Waals surface area (Å²) in [6.07, 6.45) is 0. The summed E-state index contributed by atoms with van der Waals surface area (Å²) < 4.78 is 13.2. The molecule has 0 aromatic heterocycles. The van der Waals surface area contributed by atoms with Crippen LogP contribution in [-0.4, -0.2) is 30.1 Å². The van der Waals surface area contributed by atoms with Crippen molar-refractivity contribution >= 4 is 11.6 Å². The first-order chi connectivity index (χ1) is 7.99. The lowest BCUT2D eigenvalue weighted by Gasteiger charge is -2.43. The van der Waals surface area contributed by atoms with E-state index in [-0.39, 0.29) is 11.4 Å². The highest BCUT2D eigenvalue weighted by Gasteiger charge is 2.29. The predicted octanol–water partition coefficient (Wildman–Crippen LogP) is 2.66. The molecule has 0 spiro atoms. The van der Waals surface area contributed by atoms with E-state index in [1.54, 1.807) is 6.07 Å². The summed E-state index contributed by atoms with van der Waals surface area (Å²) in [5.74, 6) is -0.225. The fourth-order valence-corrected chi connectivity index (χ4v) is 2.36. The summed E-state index contributed by atoms with van der Waals surface area (Å²) >= 11 is 6.10. The Balaban J connectivity index is 2.16. The van der Waals surface area contributed by atoms with Gasteiger partial charge >= 0.3 is 0 Å². The quantitative estimate of drug-likeness (QED) is 0.875. The summed E-state index contributed by atoms with van der Waals surface area (Å²) in [5, 5.41) is 4.01. The van der Waals surface area contributed by atoms with Gasteiger partial charge in [0.2, 0.25) is 0 Å². The van der Waals surface area contributed by atoms with E-state index in [9.17, 15) is 4.39 Å². The molecule has 17 heavy (non-hydrogen) atoms. The second kappa shape index (κ2) is 4.92. The van der Waals surface area contributed by atoms with E-state index in [2.05, 4.69) is 24.1 Å². The largest absolute Gasteiger partial charge is 0.314 e. The van der Waals surface area contributed by atoms with E-state index in [4.69, 9.17) is 11.6 Å². The van der Waals surface area contributed by atoms with Gasteiger partial charge in [-0.1, -0.05) is 11.6 Å². The zero-order valence-electron chi connectivity index (χ0n) is 10.3. The molecule has 1 N–H and O–H groups in total. The second-order valence-corrected chi connectivity index (χ2v) is 5.55. The summed E-state index contributed by atoms with van der Waals surface area (Å²) in [6, 6.07) is 4.55. The van der Waals surface area contributed by atoms with Crippen LogP contribution in [0, 0.1) is 5.82 Å². The molecule has 0 amide bonds. The van der Waals surface area contributed by atoms with Crippen molar-refractivity contribution < 1.29 is 4.39 Å². The molecule has 2 nitrogen and oxygen atoms in total. The molecular formula is C13H18ClFN2. The van der Waals surface area contributed by atoms with Crippen molar-refractivity contribution in [3.8, 4) is 0 Å². The Kier molecular flexibility index (Phi) is 3.71. The second-order valence-electron chi connectivity index (χ2n) is 5.15. The Morgan fingerprint density at radius 1 is 1.47 bits per heavy atom. The molecule has 1 aliphatic heterocycles. The molecule has 1 aliphatic rings. The Hall–Kier alpha value is -0.640. The van der Waals surface area contributed by atoms with E-state index in [0.29, 0.717) is 11.6 Å². The number of hydrogen-bond acceptors (Lipinski definition) is 2. The highest BCUT2D eigenvalue weighted by molar-refractivity contribution is 6.31. The van der Waals surface area contributed by atoms with E-state index < -0.39 is 0 Å². The SMILES string of the molecule is CC1(C)CNCCN1Cc1cc(F)ccc1Cl. The minimum absolute atomic E-state index is 0.0773. The molecule has 4 heteroatoms. The van der Waals surface area contributed by atoms with Crippen LogP contribution in [-0.2, 0) is 6.54 Å². The normalized spacial score (nSPS) is 20.5. The molecular weight excluding hydrogens is 239 g/mol. The lowest BCUT2D eigenvalue weighted by molar-refractivity contribution is 0.0827. The van der Waals surface area contributed by atoms with Gasteiger partial charge in [-0.3, -0.25) is 4.90 Å². The molecule has 1 aromatic carbocycles. The van der Waals surface area contributed by atoms with E-state index >= 15 is 0 Å². The Bertz CT molecular complexity index is 406. The molecule has 1 fully saturated rings. The maximum atomic E-state index is 13.2. The zero-order valence-corrected chi connectivity index (χ0v) is 11.0. The number of nitrogens with one attached hydrogen (secondary N) is 1. The average Bonchev–Trinajstić information content (AvgIpc) is 2.26. The van der Waals surface area contributed by atoms with Crippen LogP contribution in [0.1, 0.15) is 19.4 Å². The molecule has 2 rings (SSSR count). The number of hydrogen-bond donors (Lipinski definition) is 1. The number of rotatable bonds is 2. The van der Waals surface area contributed by atoms with Crippen molar-refractivity contribution in [1.82, 2.24) is 10.2 Å². The van der Waals surface area contributed by atoms with Crippen molar-refractivity contribution in [2.24, 2.45) is 0 Å². The van der Waals surface area contributed by atoms with E-state index in [1.165, 1.54) is 12.1 Å². The van der Waals surface area contributed by atoms with Crippen LogP contribution in [0.4, 0.5) is 4.39 Å². The van der Waals surface area contributed by atoms with Crippen molar-refractivity contribution in [2.45, 2.75) is 25.9 Å². The zero-order chi connectivity index (χ0) is 12.5. The summed E-state index contributed by atoms with van der Waals surface area (Å²) in [4.78, 5) is 2.34. The lowest BCUT2D eigenvalue weighted by Crippen LogP contribution is -2.57. The van der Waals surface area contributed by atoms with Crippen molar-refractivity contribution in [1.29, 1.82) is 0 Å². The van der Waals surface area contributed by atoms with Gasteiger partial charge in [-0.2, -0.15) is 0 Å². The van der Waals surface area contributed by atoms with Gasteiger partial charge in [0.25, 0.3) is 0 Å². The molecule has 0 atom stereocenters. The van der Waals surface area contributed by atoms with Gasteiger partial charge in [-0.15, -0.1) is 0 Å². The maximum Gasteiger partial charge on any atom is 0.123 e. The number of piperazine rings is 1. The Morgan fingerprint density at radius 2 is 2.24 bits per heavy atom. The van der Waals surface area contributed by atoms with Gasteiger partial charge in [-0.25, -0.2) is 4.39 Å². The molecule has 0 radical (unpaired) electrons. The van der Waals surface area contributed by atoms with Gasteiger partial charge in [0, 0.05) is 36.7 Å². The molecule has 0 unspecified atom stereocenters. The molecule has 1 saturated heterocycles.